The van der Waals surface area contributed by atoms with Gasteiger partial charge in [0.15, 0.2) is 5.65 Å². The third-order valence-electron chi connectivity index (χ3n) is 5.80. The number of benzene rings is 2. The van der Waals surface area contributed by atoms with Gasteiger partial charge in [-0.2, -0.15) is 4.98 Å². The minimum absolute atomic E-state index is 0.138. The predicted octanol–water partition coefficient (Wildman–Crippen LogP) is 4.34. The summed E-state index contributed by atoms with van der Waals surface area (Å²) in [5.74, 6) is 0.425. The number of aromatic nitrogens is 2. The lowest BCUT2D eigenvalue weighted by molar-refractivity contribution is 0.0320. The van der Waals surface area contributed by atoms with E-state index in [-0.39, 0.29) is 5.91 Å². The molecule has 1 aliphatic rings. The standard InChI is InChI=1S/C27H27N5O3/c33-27(20-4-2-1-3-5-20)30-22-8-6-21(7-9-22)29-24-12-13-28-26-23(24)10-11-25(31-26)35-19-16-32-14-17-34-18-15-32/h1-13H,14-19H2,(H,30,33)(H,28,29,31). The Bertz CT molecular complexity index is 1280. The molecule has 1 aliphatic heterocycles. The normalized spacial score (nSPS) is 13.9. The number of carbonyl (C=O) groups is 1. The molecule has 0 radical (unpaired) electrons. The highest BCUT2D eigenvalue weighted by molar-refractivity contribution is 6.04. The lowest BCUT2D eigenvalue weighted by atomic mass is 10.2. The van der Waals surface area contributed by atoms with Crippen LogP contribution in [-0.4, -0.2) is 60.2 Å². The zero-order valence-electron chi connectivity index (χ0n) is 19.3. The summed E-state index contributed by atoms with van der Waals surface area (Å²) in [5, 5.41) is 7.22. The van der Waals surface area contributed by atoms with Crippen LogP contribution in [0.15, 0.2) is 79.0 Å². The van der Waals surface area contributed by atoms with E-state index in [4.69, 9.17) is 9.47 Å². The monoisotopic (exact) mass is 469 g/mol. The first-order valence-corrected chi connectivity index (χ1v) is 11.7. The number of amides is 1. The van der Waals surface area contributed by atoms with Gasteiger partial charge in [0.1, 0.15) is 6.61 Å². The van der Waals surface area contributed by atoms with E-state index in [0.29, 0.717) is 23.7 Å². The van der Waals surface area contributed by atoms with Crippen LogP contribution in [-0.2, 0) is 4.74 Å². The summed E-state index contributed by atoms with van der Waals surface area (Å²) in [6, 6.07) is 22.5. The van der Waals surface area contributed by atoms with Gasteiger partial charge in [0.05, 0.1) is 18.9 Å². The lowest BCUT2D eigenvalue weighted by Crippen LogP contribution is -2.38. The average molecular weight is 470 g/mol. The molecule has 2 aromatic heterocycles. The van der Waals surface area contributed by atoms with E-state index in [1.807, 2.05) is 60.7 Å². The van der Waals surface area contributed by atoms with Crippen molar-refractivity contribution in [2.75, 3.05) is 50.1 Å². The topological polar surface area (TPSA) is 88.6 Å². The van der Waals surface area contributed by atoms with Gasteiger partial charge in [-0.3, -0.25) is 9.69 Å². The summed E-state index contributed by atoms with van der Waals surface area (Å²) in [6.45, 7) is 4.85. The molecule has 0 aliphatic carbocycles. The van der Waals surface area contributed by atoms with Crippen molar-refractivity contribution in [1.82, 2.24) is 14.9 Å². The first kappa shape index (κ1) is 22.8. The van der Waals surface area contributed by atoms with Crippen molar-refractivity contribution in [1.29, 1.82) is 0 Å². The SMILES string of the molecule is O=C(Nc1ccc(Nc2ccnc3nc(OCCN4CCOCC4)ccc23)cc1)c1ccccc1. The number of carbonyl (C=O) groups excluding carboxylic acids is 1. The highest BCUT2D eigenvalue weighted by atomic mass is 16.5. The fourth-order valence-corrected chi connectivity index (χ4v) is 3.89. The van der Waals surface area contributed by atoms with Crippen LogP contribution in [0.2, 0.25) is 0 Å². The summed E-state index contributed by atoms with van der Waals surface area (Å²) < 4.78 is 11.2. The summed E-state index contributed by atoms with van der Waals surface area (Å²) in [7, 11) is 0. The van der Waals surface area contributed by atoms with Crippen LogP contribution in [0.4, 0.5) is 17.1 Å². The molecular weight excluding hydrogens is 442 g/mol. The van der Waals surface area contributed by atoms with Gasteiger partial charge < -0.3 is 20.1 Å². The molecule has 8 nitrogen and oxygen atoms in total. The minimum atomic E-state index is -0.138. The molecule has 2 aromatic carbocycles. The van der Waals surface area contributed by atoms with Crippen LogP contribution >= 0.6 is 0 Å². The number of nitrogens with zero attached hydrogens (tertiary/aromatic N) is 3. The molecule has 2 N–H and O–H groups in total. The Morgan fingerprint density at radius 3 is 2.51 bits per heavy atom. The van der Waals surface area contributed by atoms with E-state index < -0.39 is 0 Å². The second-order valence-electron chi connectivity index (χ2n) is 8.20. The van der Waals surface area contributed by atoms with Crippen LogP contribution in [0.25, 0.3) is 11.0 Å². The van der Waals surface area contributed by atoms with Crippen LogP contribution in [0.5, 0.6) is 5.88 Å². The summed E-state index contributed by atoms with van der Waals surface area (Å²) in [4.78, 5) is 23.7. The Hall–Kier alpha value is -4.01. The van der Waals surface area contributed by atoms with Gasteiger partial charge in [-0.05, 0) is 48.5 Å². The third kappa shape index (κ3) is 5.92. The van der Waals surface area contributed by atoms with E-state index in [1.165, 1.54) is 0 Å². The summed E-state index contributed by atoms with van der Waals surface area (Å²) >= 11 is 0. The smallest absolute Gasteiger partial charge is 0.255 e. The van der Waals surface area contributed by atoms with Crippen LogP contribution in [0.3, 0.4) is 0 Å². The summed E-state index contributed by atoms with van der Waals surface area (Å²) in [5.41, 5.74) is 3.74. The Morgan fingerprint density at radius 2 is 1.71 bits per heavy atom. The zero-order chi connectivity index (χ0) is 23.9. The van der Waals surface area contributed by atoms with Crippen molar-refractivity contribution in [3.05, 3.63) is 84.6 Å². The van der Waals surface area contributed by atoms with Gasteiger partial charge in [0.25, 0.3) is 5.91 Å². The van der Waals surface area contributed by atoms with Gasteiger partial charge in [0, 0.05) is 54.2 Å². The molecule has 0 saturated carbocycles. The molecule has 1 amide bonds. The molecule has 0 unspecified atom stereocenters. The molecule has 4 aromatic rings. The molecule has 0 bridgehead atoms. The largest absolute Gasteiger partial charge is 0.476 e. The van der Waals surface area contributed by atoms with Gasteiger partial charge in [-0.25, -0.2) is 4.98 Å². The maximum Gasteiger partial charge on any atom is 0.255 e. The maximum atomic E-state index is 12.4. The van der Waals surface area contributed by atoms with Crippen molar-refractivity contribution in [3.8, 4) is 5.88 Å². The summed E-state index contributed by atoms with van der Waals surface area (Å²) in [6.07, 6.45) is 1.73. The number of fused-ring (bicyclic) bond motifs is 1. The Morgan fingerprint density at radius 1 is 0.943 bits per heavy atom. The van der Waals surface area contributed by atoms with E-state index >= 15 is 0 Å². The minimum Gasteiger partial charge on any atom is -0.476 e. The first-order valence-electron chi connectivity index (χ1n) is 11.7. The van der Waals surface area contributed by atoms with E-state index in [2.05, 4.69) is 25.5 Å². The number of anilines is 3. The van der Waals surface area contributed by atoms with Gasteiger partial charge in [0.2, 0.25) is 5.88 Å². The average Bonchev–Trinajstić information content (AvgIpc) is 2.91. The van der Waals surface area contributed by atoms with Crippen molar-refractivity contribution in [2.24, 2.45) is 0 Å². The maximum absolute atomic E-state index is 12.4. The first-order chi connectivity index (χ1) is 17.2. The van der Waals surface area contributed by atoms with Crippen LogP contribution in [0, 0.1) is 0 Å². The number of hydrogen-bond donors (Lipinski definition) is 2. The van der Waals surface area contributed by atoms with Crippen LogP contribution in [0.1, 0.15) is 10.4 Å². The molecule has 8 heteroatoms. The predicted molar refractivity (Wildman–Crippen MR) is 136 cm³/mol. The highest BCUT2D eigenvalue weighted by Crippen LogP contribution is 2.26. The molecule has 1 saturated heterocycles. The molecule has 178 valence electrons. The number of morpholine rings is 1. The van der Waals surface area contributed by atoms with Gasteiger partial charge >= 0.3 is 0 Å². The molecule has 5 rings (SSSR count). The fraction of sp³-hybridized carbons (Fsp3) is 0.222. The molecular formula is C27H27N5O3. The molecule has 0 atom stereocenters. The van der Waals surface area contributed by atoms with Gasteiger partial charge in [-0.1, -0.05) is 18.2 Å². The van der Waals surface area contributed by atoms with Gasteiger partial charge in [-0.15, -0.1) is 0 Å². The lowest BCUT2D eigenvalue weighted by Gasteiger charge is -2.26. The zero-order valence-corrected chi connectivity index (χ0v) is 19.3. The van der Waals surface area contributed by atoms with Crippen molar-refractivity contribution >= 4 is 34.0 Å². The van der Waals surface area contributed by atoms with Crippen LogP contribution < -0.4 is 15.4 Å². The fourth-order valence-electron chi connectivity index (χ4n) is 3.89. The molecule has 35 heavy (non-hydrogen) atoms. The molecule has 0 spiro atoms. The number of pyridine rings is 2. The Labute approximate surface area is 203 Å². The second-order valence-corrected chi connectivity index (χ2v) is 8.20. The van der Waals surface area contributed by atoms with E-state index in [0.717, 1.165) is 55.3 Å². The Kier molecular flexibility index (Phi) is 7.12. The second kappa shape index (κ2) is 10.9. The molecule has 3 heterocycles. The van der Waals surface area contributed by atoms with Crippen molar-refractivity contribution in [3.63, 3.8) is 0 Å². The number of nitrogens with one attached hydrogen (secondary N) is 2. The van der Waals surface area contributed by atoms with E-state index in [1.54, 1.807) is 18.3 Å². The number of hydrogen-bond acceptors (Lipinski definition) is 7. The quantitative estimate of drug-likeness (QED) is 0.397. The third-order valence-corrected chi connectivity index (χ3v) is 5.80. The number of ether oxygens (including phenoxy) is 2. The Balaban J connectivity index is 1.21. The molecule has 1 fully saturated rings. The number of rotatable bonds is 8. The highest BCUT2D eigenvalue weighted by Gasteiger charge is 2.11. The van der Waals surface area contributed by atoms with Crippen molar-refractivity contribution in [2.45, 2.75) is 0 Å². The van der Waals surface area contributed by atoms with E-state index in [9.17, 15) is 4.79 Å². The van der Waals surface area contributed by atoms with Crippen molar-refractivity contribution < 1.29 is 14.3 Å².